The number of carbonyl (C=O) groups is 1. The third kappa shape index (κ3) is 5.64. The maximum Gasteiger partial charge on any atom is 0.251 e. The lowest BCUT2D eigenvalue weighted by Crippen LogP contribution is -2.22. The summed E-state index contributed by atoms with van der Waals surface area (Å²) in [6, 6.07) is 15.2. The predicted octanol–water partition coefficient (Wildman–Crippen LogP) is 4.11. The number of rotatable bonds is 8. The number of hydrogen-bond donors (Lipinski definition) is 1. The molecule has 2 aromatic carbocycles. The molecule has 3 rings (SSSR count). The Bertz CT molecular complexity index is 890. The van der Waals surface area contributed by atoms with Crippen molar-refractivity contribution >= 4 is 17.2 Å². The summed E-state index contributed by atoms with van der Waals surface area (Å²) in [5.41, 5.74) is 3.60. The van der Waals surface area contributed by atoms with Gasteiger partial charge in [-0.3, -0.25) is 4.79 Å². The van der Waals surface area contributed by atoms with Gasteiger partial charge >= 0.3 is 0 Å². The fraction of sp³-hybridized carbons (Fsp3) is 0.238. The number of benzene rings is 2. The summed E-state index contributed by atoms with van der Waals surface area (Å²) < 4.78 is 10.8. The van der Waals surface area contributed by atoms with E-state index < -0.39 is 0 Å². The Hall–Kier alpha value is -2.70. The molecular formula is C21H22N2O3S. The van der Waals surface area contributed by atoms with Crippen LogP contribution in [-0.4, -0.2) is 18.0 Å². The highest BCUT2D eigenvalue weighted by atomic mass is 32.1. The molecule has 3 aromatic rings. The van der Waals surface area contributed by atoms with E-state index in [1.165, 1.54) is 0 Å². The summed E-state index contributed by atoms with van der Waals surface area (Å²) in [6.45, 7) is 3.41. The highest BCUT2D eigenvalue weighted by Gasteiger charge is 2.07. The zero-order chi connectivity index (χ0) is 19.1. The van der Waals surface area contributed by atoms with Crippen molar-refractivity contribution in [2.24, 2.45) is 0 Å². The molecule has 1 aromatic heterocycles. The predicted molar refractivity (Wildman–Crippen MR) is 106 cm³/mol. The van der Waals surface area contributed by atoms with Crippen LogP contribution in [0.5, 0.6) is 5.75 Å². The molecule has 0 atom stereocenters. The standard InChI is InChI=1S/C21H22N2O3S/c1-15-23-19(14-27-15)13-26-20-5-3-4-18(10-20)21(24)22-11-16-6-8-17(9-7-16)12-25-2/h3-10,14H,11-13H2,1-2H3,(H,22,24). The number of aromatic nitrogens is 1. The molecule has 0 aliphatic heterocycles. The molecule has 140 valence electrons. The Kier molecular flexibility index (Phi) is 6.57. The molecule has 0 bridgehead atoms. The maximum atomic E-state index is 12.4. The van der Waals surface area contributed by atoms with Crippen LogP contribution in [0.2, 0.25) is 0 Å². The highest BCUT2D eigenvalue weighted by molar-refractivity contribution is 7.09. The van der Waals surface area contributed by atoms with Crippen molar-refractivity contribution in [2.75, 3.05) is 7.11 Å². The topological polar surface area (TPSA) is 60.5 Å². The number of methoxy groups -OCH3 is 1. The number of nitrogens with one attached hydrogen (secondary N) is 1. The largest absolute Gasteiger partial charge is 0.487 e. The number of thiazole rings is 1. The van der Waals surface area contributed by atoms with Crippen LogP contribution in [0.25, 0.3) is 0 Å². The highest BCUT2D eigenvalue weighted by Crippen LogP contribution is 2.16. The SMILES string of the molecule is COCc1ccc(CNC(=O)c2cccc(OCc3csc(C)n3)c2)cc1. The van der Waals surface area contributed by atoms with E-state index in [1.807, 2.05) is 48.7 Å². The number of hydrogen-bond acceptors (Lipinski definition) is 5. The third-order valence-electron chi connectivity index (χ3n) is 3.94. The summed E-state index contributed by atoms with van der Waals surface area (Å²) >= 11 is 1.59. The van der Waals surface area contributed by atoms with E-state index in [-0.39, 0.29) is 5.91 Å². The van der Waals surface area contributed by atoms with Crippen LogP contribution in [-0.2, 0) is 24.5 Å². The number of ether oxygens (including phenoxy) is 2. The van der Waals surface area contributed by atoms with Crippen molar-refractivity contribution in [2.45, 2.75) is 26.7 Å². The van der Waals surface area contributed by atoms with Crippen molar-refractivity contribution in [3.8, 4) is 5.75 Å². The lowest BCUT2D eigenvalue weighted by Gasteiger charge is -2.09. The normalized spacial score (nSPS) is 10.6. The van der Waals surface area contributed by atoms with Crippen molar-refractivity contribution in [3.63, 3.8) is 0 Å². The molecule has 27 heavy (non-hydrogen) atoms. The molecule has 5 nitrogen and oxygen atoms in total. The summed E-state index contributed by atoms with van der Waals surface area (Å²) in [5, 5.41) is 5.92. The number of amides is 1. The number of aryl methyl sites for hydroxylation is 1. The minimum atomic E-state index is -0.133. The van der Waals surface area contributed by atoms with Crippen molar-refractivity contribution in [3.05, 3.63) is 81.3 Å². The molecule has 0 spiro atoms. The first-order valence-corrected chi connectivity index (χ1v) is 9.51. The lowest BCUT2D eigenvalue weighted by molar-refractivity contribution is 0.0950. The van der Waals surface area contributed by atoms with Crippen LogP contribution in [0, 0.1) is 6.92 Å². The number of carbonyl (C=O) groups excluding carboxylic acids is 1. The first kappa shape index (κ1) is 19.1. The van der Waals surface area contributed by atoms with Crippen LogP contribution in [0.3, 0.4) is 0 Å². The van der Waals surface area contributed by atoms with Crippen LogP contribution in [0.1, 0.15) is 32.2 Å². The molecule has 0 aliphatic carbocycles. The van der Waals surface area contributed by atoms with Gasteiger partial charge in [-0.2, -0.15) is 0 Å². The van der Waals surface area contributed by atoms with Crippen molar-refractivity contribution in [1.29, 1.82) is 0 Å². The fourth-order valence-electron chi connectivity index (χ4n) is 2.56. The van der Waals surface area contributed by atoms with Gasteiger partial charge < -0.3 is 14.8 Å². The second kappa shape index (κ2) is 9.30. The lowest BCUT2D eigenvalue weighted by atomic mass is 10.1. The molecule has 0 unspecified atom stereocenters. The van der Waals surface area contributed by atoms with Gasteiger partial charge in [0.2, 0.25) is 0 Å². The van der Waals surface area contributed by atoms with Crippen LogP contribution < -0.4 is 10.1 Å². The Labute approximate surface area is 163 Å². The molecule has 6 heteroatoms. The average molecular weight is 382 g/mol. The smallest absolute Gasteiger partial charge is 0.251 e. The quantitative estimate of drug-likeness (QED) is 0.637. The first-order chi connectivity index (χ1) is 13.1. The molecule has 0 fully saturated rings. The Morgan fingerprint density at radius 1 is 1.11 bits per heavy atom. The summed E-state index contributed by atoms with van der Waals surface area (Å²) in [6.07, 6.45) is 0. The Balaban J connectivity index is 1.54. The second-order valence-electron chi connectivity index (χ2n) is 6.11. The van der Waals surface area contributed by atoms with Gasteiger partial charge in [-0.1, -0.05) is 30.3 Å². The second-order valence-corrected chi connectivity index (χ2v) is 7.17. The van der Waals surface area contributed by atoms with E-state index in [1.54, 1.807) is 30.6 Å². The van der Waals surface area contributed by atoms with Gasteiger partial charge in [0.05, 0.1) is 17.3 Å². The third-order valence-corrected chi connectivity index (χ3v) is 4.76. The zero-order valence-electron chi connectivity index (χ0n) is 15.4. The van der Waals surface area contributed by atoms with E-state index in [2.05, 4.69) is 10.3 Å². The van der Waals surface area contributed by atoms with Crippen LogP contribution in [0.4, 0.5) is 0 Å². The van der Waals surface area contributed by atoms with Crippen LogP contribution in [0.15, 0.2) is 53.9 Å². The van der Waals surface area contributed by atoms with E-state index in [9.17, 15) is 4.79 Å². The molecule has 0 saturated heterocycles. The molecule has 0 saturated carbocycles. The molecule has 1 heterocycles. The molecule has 0 radical (unpaired) electrons. The van der Waals surface area contributed by atoms with E-state index in [0.29, 0.717) is 31.1 Å². The first-order valence-electron chi connectivity index (χ1n) is 8.63. The molecular weight excluding hydrogens is 360 g/mol. The van der Waals surface area contributed by atoms with E-state index >= 15 is 0 Å². The maximum absolute atomic E-state index is 12.4. The average Bonchev–Trinajstić information content (AvgIpc) is 3.11. The summed E-state index contributed by atoms with van der Waals surface area (Å²) in [7, 11) is 1.67. The van der Waals surface area contributed by atoms with Gasteiger partial charge in [0.1, 0.15) is 12.4 Å². The van der Waals surface area contributed by atoms with Crippen molar-refractivity contribution < 1.29 is 14.3 Å². The summed E-state index contributed by atoms with van der Waals surface area (Å²) in [5.74, 6) is 0.517. The van der Waals surface area contributed by atoms with Crippen LogP contribution >= 0.6 is 11.3 Å². The number of nitrogens with zero attached hydrogens (tertiary/aromatic N) is 1. The minimum Gasteiger partial charge on any atom is -0.487 e. The van der Waals surface area contributed by atoms with E-state index in [4.69, 9.17) is 9.47 Å². The Morgan fingerprint density at radius 3 is 2.59 bits per heavy atom. The van der Waals surface area contributed by atoms with Gasteiger partial charge in [0, 0.05) is 24.6 Å². The fourth-order valence-corrected chi connectivity index (χ4v) is 3.16. The van der Waals surface area contributed by atoms with E-state index in [0.717, 1.165) is 21.8 Å². The van der Waals surface area contributed by atoms with Gasteiger partial charge in [-0.15, -0.1) is 11.3 Å². The van der Waals surface area contributed by atoms with Gasteiger partial charge in [0.25, 0.3) is 5.91 Å². The molecule has 0 aliphatic rings. The van der Waals surface area contributed by atoms with Crippen molar-refractivity contribution in [1.82, 2.24) is 10.3 Å². The monoisotopic (exact) mass is 382 g/mol. The minimum absolute atomic E-state index is 0.133. The summed E-state index contributed by atoms with van der Waals surface area (Å²) in [4.78, 5) is 16.8. The zero-order valence-corrected chi connectivity index (χ0v) is 16.2. The van der Waals surface area contributed by atoms with Gasteiger partial charge in [0.15, 0.2) is 0 Å². The molecule has 1 amide bonds. The Morgan fingerprint density at radius 2 is 1.89 bits per heavy atom. The molecule has 1 N–H and O–H groups in total. The van der Waals surface area contributed by atoms with Gasteiger partial charge in [-0.25, -0.2) is 4.98 Å². The van der Waals surface area contributed by atoms with Gasteiger partial charge in [-0.05, 0) is 36.2 Å².